The van der Waals surface area contributed by atoms with Gasteiger partial charge in [-0.2, -0.15) is 0 Å². The highest BCUT2D eigenvalue weighted by Gasteiger charge is 2.60. The molecule has 2 aliphatic heterocycles. The average Bonchev–Trinajstić information content (AvgIpc) is 2.92. The van der Waals surface area contributed by atoms with Crippen LogP contribution in [0.3, 0.4) is 0 Å². The lowest BCUT2D eigenvalue weighted by atomic mass is 9.91. The third kappa shape index (κ3) is 2.13. The van der Waals surface area contributed by atoms with Gasteiger partial charge in [0.25, 0.3) is 11.8 Å². The summed E-state index contributed by atoms with van der Waals surface area (Å²) in [6.07, 6.45) is 1.85. The second-order valence-corrected chi connectivity index (χ2v) is 5.70. The number of nitrogens with zero attached hydrogens (tertiary/aromatic N) is 1. The first-order chi connectivity index (χ1) is 11.0. The number of anilines is 1. The first-order valence-corrected chi connectivity index (χ1v) is 7.56. The fraction of sp³-hybridized carbons (Fsp3) is 0.353. The van der Waals surface area contributed by atoms with Gasteiger partial charge in [-0.15, -0.1) is 6.58 Å². The van der Waals surface area contributed by atoms with Gasteiger partial charge in [-0.25, -0.2) is 4.79 Å². The molecule has 0 aliphatic carbocycles. The fourth-order valence-electron chi connectivity index (χ4n) is 3.26. The zero-order chi connectivity index (χ0) is 16.6. The Bertz CT molecular complexity index is 700. The van der Waals surface area contributed by atoms with Crippen molar-refractivity contribution in [1.29, 1.82) is 0 Å². The lowest BCUT2D eigenvalue weighted by Crippen LogP contribution is -2.59. The second-order valence-electron chi connectivity index (χ2n) is 5.70. The molecule has 0 radical (unpaired) electrons. The van der Waals surface area contributed by atoms with Crippen LogP contribution in [-0.4, -0.2) is 41.4 Å². The lowest BCUT2D eigenvalue weighted by molar-refractivity contribution is -0.158. The van der Waals surface area contributed by atoms with Crippen molar-refractivity contribution < 1.29 is 19.1 Å². The number of hydrogen-bond acceptors (Lipinski definition) is 4. The number of fused-ring (bicyclic) bond motifs is 2. The number of amides is 2. The maximum absolute atomic E-state index is 12.9. The predicted molar refractivity (Wildman–Crippen MR) is 83.8 cm³/mol. The van der Waals surface area contributed by atoms with E-state index < -0.39 is 17.4 Å². The van der Waals surface area contributed by atoms with Crippen LogP contribution in [0.2, 0.25) is 0 Å². The molecule has 1 N–H and O–H groups in total. The quantitative estimate of drug-likeness (QED) is 0.522. The molecular formula is C17H18N2O4. The van der Waals surface area contributed by atoms with E-state index in [4.69, 9.17) is 4.74 Å². The van der Waals surface area contributed by atoms with Gasteiger partial charge in [0.1, 0.15) is 0 Å². The van der Waals surface area contributed by atoms with Gasteiger partial charge >= 0.3 is 5.97 Å². The van der Waals surface area contributed by atoms with Crippen LogP contribution in [0.25, 0.3) is 0 Å². The van der Waals surface area contributed by atoms with Crippen molar-refractivity contribution in [3.05, 3.63) is 42.5 Å². The molecule has 1 saturated heterocycles. The molecule has 120 valence electrons. The summed E-state index contributed by atoms with van der Waals surface area (Å²) in [6, 6.07) is 6.74. The van der Waals surface area contributed by atoms with Crippen LogP contribution < -0.4 is 5.32 Å². The van der Waals surface area contributed by atoms with E-state index >= 15 is 0 Å². The van der Waals surface area contributed by atoms with E-state index in [2.05, 4.69) is 11.9 Å². The molecule has 3 rings (SSSR count). The van der Waals surface area contributed by atoms with E-state index in [1.807, 2.05) is 0 Å². The Kier molecular flexibility index (Phi) is 3.67. The number of hydrogen-bond donors (Lipinski definition) is 1. The molecule has 2 atom stereocenters. The summed E-state index contributed by atoms with van der Waals surface area (Å²) in [5.41, 5.74) is -0.849. The molecule has 0 saturated carbocycles. The Hall–Kier alpha value is -2.63. The molecule has 6 nitrogen and oxygen atoms in total. The average molecular weight is 314 g/mol. The Morgan fingerprint density at radius 2 is 2.22 bits per heavy atom. The summed E-state index contributed by atoms with van der Waals surface area (Å²) in [7, 11) is 0. The van der Waals surface area contributed by atoms with Gasteiger partial charge in [0.05, 0.1) is 17.9 Å². The van der Waals surface area contributed by atoms with Crippen LogP contribution >= 0.6 is 0 Å². The maximum atomic E-state index is 12.9. The molecule has 2 amide bonds. The minimum atomic E-state index is -1.63. The van der Waals surface area contributed by atoms with Gasteiger partial charge in [0.15, 0.2) is 0 Å². The molecule has 6 heteroatoms. The summed E-state index contributed by atoms with van der Waals surface area (Å²) >= 11 is 0. The third-order valence-corrected chi connectivity index (χ3v) is 4.41. The highest BCUT2D eigenvalue weighted by molar-refractivity contribution is 6.20. The van der Waals surface area contributed by atoms with E-state index in [1.165, 1.54) is 4.90 Å². The molecule has 0 aromatic heterocycles. The number of nitrogens with one attached hydrogen (secondary N) is 1. The number of ether oxygens (including phenoxy) is 1. The van der Waals surface area contributed by atoms with Crippen molar-refractivity contribution in [1.82, 2.24) is 4.90 Å². The van der Waals surface area contributed by atoms with Crippen LogP contribution in [0.5, 0.6) is 0 Å². The van der Waals surface area contributed by atoms with Crippen molar-refractivity contribution in [3.63, 3.8) is 0 Å². The summed E-state index contributed by atoms with van der Waals surface area (Å²) in [5.74, 6) is -1.71. The second kappa shape index (κ2) is 5.53. The summed E-state index contributed by atoms with van der Waals surface area (Å²) in [5, 5.41) is 2.71. The van der Waals surface area contributed by atoms with Gasteiger partial charge < -0.3 is 15.0 Å². The van der Waals surface area contributed by atoms with Crippen molar-refractivity contribution in [3.8, 4) is 0 Å². The SMILES string of the molecule is C=CC1CN2C(=O)c3ccccc3NC(=O)C2(C(=O)OCC)C1. The third-order valence-electron chi connectivity index (χ3n) is 4.41. The molecule has 2 unspecified atom stereocenters. The van der Waals surface area contributed by atoms with Gasteiger partial charge in [0, 0.05) is 6.54 Å². The van der Waals surface area contributed by atoms with Crippen molar-refractivity contribution in [2.24, 2.45) is 5.92 Å². The molecule has 2 aliphatic rings. The Morgan fingerprint density at radius 3 is 2.91 bits per heavy atom. The first kappa shape index (κ1) is 15.3. The summed E-state index contributed by atoms with van der Waals surface area (Å²) in [6.45, 7) is 5.81. The molecule has 1 aromatic carbocycles. The van der Waals surface area contributed by atoms with E-state index in [1.54, 1.807) is 37.3 Å². The Balaban J connectivity index is 2.15. The normalized spacial score (nSPS) is 26.0. The largest absolute Gasteiger partial charge is 0.464 e. The van der Waals surface area contributed by atoms with E-state index in [-0.39, 0.29) is 31.4 Å². The van der Waals surface area contributed by atoms with Gasteiger partial charge in [-0.1, -0.05) is 18.2 Å². The van der Waals surface area contributed by atoms with Gasteiger partial charge in [-0.3, -0.25) is 9.59 Å². The molecule has 1 aromatic rings. The van der Waals surface area contributed by atoms with Crippen molar-refractivity contribution >= 4 is 23.5 Å². The summed E-state index contributed by atoms with van der Waals surface area (Å²) in [4.78, 5) is 39.7. The topological polar surface area (TPSA) is 75.7 Å². The monoisotopic (exact) mass is 314 g/mol. The van der Waals surface area contributed by atoms with Crippen LogP contribution in [0.1, 0.15) is 23.7 Å². The Morgan fingerprint density at radius 1 is 1.48 bits per heavy atom. The van der Waals surface area contributed by atoms with Crippen molar-refractivity contribution in [2.75, 3.05) is 18.5 Å². The first-order valence-electron chi connectivity index (χ1n) is 7.56. The van der Waals surface area contributed by atoms with Crippen LogP contribution in [-0.2, 0) is 14.3 Å². The molecule has 0 spiro atoms. The highest BCUT2D eigenvalue weighted by atomic mass is 16.5. The van der Waals surface area contributed by atoms with Crippen LogP contribution in [0.15, 0.2) is 36.9 Å². The Labute approximate surface area is 134 Å². The zero-order valence-corrected chi connectivity index (χ0v) is 12.9. The fourth-order valence-corrected chi connectivity index (χ4v) is 3.26. The minimum absolute atomic E-state index is 0.139. The van der Waals surface area contributed by atoms with E-state index in [0.717, 1.165) is 0 Å². The number of carbonyl (C=O) groups excluding carboxylic acids is 3. The molecular weight excluding hydrogens is 296 g/mol. The molecule has 23 heavy (non-hydrogen) atoms. The highest BCUT2D eigenvalue weighted by Crippen LogP contribution is 2.40. The van der Waals surface area contributed by atoms with Gasteiger partial charge in [0.2, 0.25) is 5.54 Å². The zero-order valence-electron chi connectivity index (χ0n) is 12.9. The smallest absolute Gasteiger partial charge is 0.342 e. The minimum Gasteiger partial charge on any atom is -0.464 e. The van der Waals surface area contributed by atoms with Gasteiger partial charge in [-0.05, 0) is 31.4 Å². The predicted octanol–water partition coefficient (Wildman–Crippen LogP) is 1.59. The maximum Gasteiger partial charge on any atom is 0.342 e. The molecule has 2 heterocycles. The molecule has 1 fully saturated rings. The number of rotatable bonds is 3. The van der Waals surface area contributed by atoms with Crippen molar-refractivity contribution in [2.45, 2.75) is 18.9 Å². The molecule has 0 bridgehead atoms. The number of benzene rings is 1. The standard InChI is InChI=1S/C17H18N2O4/c1-3-11-9-17(16(22)23-4-2)15(21)18-13-8-6-5-7-12(13)14(20)19(17)10-11/h3,5-8,11H,1,4,9-10H2,2H3,(H,18,21). The van der Waals surface area contributed by atoms with E-state index in [9.17, 15) is 14.4 Å². The number of carbonyl (C=O) groups is 3. The van der Waals surface area contributed by atoms with Crippen LogP contribution in [0.4, 0.5) is 5.69 Å². The lowest BCUT2D eigenvalue weighted by Gasteiger charge is -2.32. The number of esters is 1. The van der Waals surface area contributed by atoms with E-state index in [0.29, 0.717) is 11.3 Å². The summed E-state index contributed by atoms with van der Waals surface area (Å²) < 4.78 is 5.12. The van der Waals surface area contributed by atoms with Crippen LogP contribution in [0, 0.1) is 5.92 Å². The number of para-hydroxylation sites is 1.